The van der Waals surface area contributed by atoms with Gasteiger partial charge in [0.25, 0.3) is 0 Å². The molecule has 104 heavy (non-hydrogen) atoms. The minimum atomic E-state index is -1.26. The van der Waals surface area contributed by atoms with E-state index < -0.39 is 220 Å². The third-order valence-electron chi connectivity index (χ3n) is 22.5. The van der Waals surface area contributed by atoms with Crippen molar-refractivity contribution in [3.8, 4) is 0 Å². The Morgan fingerprint density at radius 1 is 0.202 bits per heavy atom. The van der Waals surface area contributed by atoms with Gasteiger partial charge in [0.15, 0.2) is 0 Å². The van der Waals surface area contributed by atoms with Crippen molar-refractivity contribution in [3.63, 3.8) is 0 Å². The lowest BCUT2D eigenvalue weighted by molar-refractivity contribution is -0.144. The van der Waals surface area contributed by atoms with E-state index in [1.54, 1.807) is 90.0 Å². The summed E-state index contributed by atoms with van der Waals surface area (Å²) in [5.74, 6) is -15.1. The van der Waals surface area contributed by atoms with Crippen LogP contribution < -0.4 is 69.5 Å². The first kappa shape index (κ1) is 97.1. The first-order chi connectivity index (χ1) is 48.6. The van der Waals surface area contributed by atoms with Crippen LogP contribution in [-0.2, 0) is 62.3 Å². The fourth-order valence-corrected chi connectivity index (χ4v) is 11.6. The largest absolute Gasteiger partial charge is 0.480 e. The Morgan fingerprint density at radius 2 is 0.298 bits per heavy atom. The molecule has 0 aromatic rings. The van der Waals surface area contributed by atoms with Crippen molar-refractivity contribution in [1.29, 1.82) is 0 Å². The van der Waals surface area contributed by atoms with Crippen LogP contribution in [0.15, 0.2) is 0 Å². The van der Waals surface area contributed by atoms with Gasteiger partial charge in [-0.1, -0.05) is 257 Å². The number of carboxylic acid groups (broad SMARTS) is 1. The van der Waals surface area contributed by atoms with E-state index in [1.165, 1.54) is 0 Å². The van der Waals surface area contributed by atoms with E-state index in [9.17, 15) is 67.4 Å². The Kier molecular flexibility index (Phi) is 45.1. The van der Waals surface area contributed by atoms with Crippen molar-refractivity contribution in [3.05, 3.63) is 0 Å². The van der Waals surface area contributed by atoms with E-state index in [1.807, 2.05) is 90.0 Å². The molecule has 0 saturated heterocycles. The van der Waals surface area contributed by atoms with Gasteiger partial charge in [0.05, 0.1) is 6.04 Å². The Morgan fingerprint density at radius 3 is 0.394 bits per heavy atom. The summed E-state index contributed by atoms with van der Waals surface area (Å²) in [6, 6.07) is -15.2. The topological polar surface area (TPSA) is 413 Å². The van der Waals surface area contributed by atoms with E-state index in [0.29, 0.717) is 77.0 Å². The zero-order valence-electron chi connectivity index (χ0n) is 68.3. The van der Waals surface area contributed by atoms with Crippen LogP contribution in [0.5, 0.6) is 0 Å². The molecule has 15 N–H and O–H groups in total. The minimum absolute atomic E-state index is 0.205. The second-order valence-electron chi connectivity index (χ2n) is 30.6. The SMILES string of the molecule is CC[C@H](C)[C@H](NC(=O)[C@@H](NC(=O)[C@@H](NC(=O)[C@@H](NC(=O)[C@@H](NC(=O)[C@@H](NC(=O)[C@@H](NC(=O)[C@@H](NC(=O)[C@@H](NC(=O)[C@@H](NC(=O)[C@@H](NC(=O)[C@@H](NC(=O)[C@@H](N)C(C)C)[C@@H](C)CC)[C@@H](C)CC)[C@@H](C)CC)[C@@H](C)CC)[C@@H](C)CC)[C@@H](C)CC)[C@@H](C)CC)[C@@H](C)CC)[C@@H](C)CC)[C@@H](C)CC)[C@@H](C)CC)C(=O)O. The highest BCUT2D eigenvalue weighted by Crippen LogP contribution is 2.22. The van der Waals surface area contributed by atoms with Crippen molar-refractivity contribution in [1.82, 2.24) is 63.8 Å². The van der Waals surface area contributed by atoms with Crippen LogP contribution in [0.4, 0.5) is 0 Å². The quantitative estimate of drug-likeness (QED) is 0.0312. The highest BCUT2D eigenvalue weighted by molar-refractivity contribution is 6.00. The molecule has 0 aliphatic carbocycles. The molecular formula is C77H143N13O14. The molecule has 0 fully saturated rings. The van der Waals surface area contributed by atoms with Gasteiger partial charge in [-0.15, -0.1) is 0 Å². The third-order valence-corrected chi connectivity index (χ3v) is 22.5. The molecule has 0 saturated carbocycles. The molecule has 0 aliphatic rings. The predicted molar refractivity (Wildman–Crippen MR) is 407 cm³/mol. The van der Waals surface area contributed by atoms with Gasteiger partial charge in [-0.25, -0.2) is 4.79 Å². The summed E-state index contributed by atoms with van der Waals surface area (Å²) >= 11 is 0. The van der Waals surface area contributed by atoms with Crippen LogP contribution in [0.3, 0.4) is 0 Å². The molecule has 600 valence electrons. The number of aliphatic carboxylic acids is 1. The van der Waals surface area contributed by atoms with Crippen LogP contribution in [-0.4, -0.2) is 161 Å². The van der Waals surface area contributed by atoms with Gasteiger partial charge in [0.2, 0.25) is 70.9 Å². The van der Waals surface area contributed by atoms with Crippen molar-refractivity contribution in [2.45, 2.75) is 336 Å². The van der Waals surface area contributed by atoms with Gasteiger partial charge in [0, 0.05) is 0 Å². The molecule has 0 aromatic heterocycles. The molecule has 0 rings (SSSR count). The third kappa shape index (κ3) is 29.4. The standard InChI is InChI=1S/C77H143N13O14/c1-27-40(15)53(79-65(91)52(78)39(13)14)66(92)80-54(41(16)28-2)67(93)81-55(42(17)29-3)68(94)82-56(43(18)30-4)69(95)83-57(44(19)31-5)70(96)84-58(45(20)32-6)71(97)85-59(46(21)33-7)72(98)86-60(47(22)34-8)73(99)87-61(48(23)35-9)74(100)88-62(49(24)36-10)75(101)89-63(50(25)37-11)76(102)90-64(77(103)104)51(26)38-12/h39-64H,27-38,78H2,1-26H3,(H,79,91)(H,80,92)(H,81,93)(H,82,94)(H,83,95)(H,84,96)(H,85,97)(H,86,98)(H,87,99)(H,88,100)(H,89,101)(H,90,102)(H,103,104)/t40-,41-,42-,43-,44-,45-,46-,47-,48-,49-,50-,51-,52-,53-,54-,55-,56-,57-,58-,59-,60-,61-,62-,63-,64-/m0/s1. The highest BCUT2D eigenvalue weighted by atomic mass is 16.4. The summed E-state index contributed by atoms with van der Waals surface area (Å²) in [6.07, 6.45) is 5.12. The molecule has 27 heteroatoms. The van der Waals surface area contributed by atoms with Crippen LogP contribution in [0, 0.1) is 76.9 Å². The van der Waals surface area contributed by atoms with E-state index in [2.05, 4.69) is 63.8 Å². The number of carbonyl (C=O) groups excluding carboxylic acids is 12. The van der Waals surface area contributed by atoms with E-state index in [0.717, 1.165) is 0 Å². The van der Waals surface area contributed by atoms with Gasteiger partial charge < -0.3 is 74.6 Å². The van der Waals surface area contributed by atoms with Crippen LogP contribution >= 0.6 is 0 Å². The lowest BCUT2D eigenvalue weighted by Gasteiger charge is -2.34. The molecule has 12 amide bonds. The van der Waals surface area contributed by atoms with Gasteiger partial charge >= 0.3 is 5.97 Å². The summed E-state index contributed by atoms with van der Waals surface area (Å²) in [4.78, 5) is 185. The zero-order valence-corrected chi connectivity index (χ0v) is 68.3. The predicted octanol–water partition coefficient (Wildman–Crippen LogP) is 6.43. The number of rotatable bonds is 50. The van der Waals surface area contributed by atoms with E-state index in [4.69, 9.17) is 5.73 Å². The highest BCUT2D eigenvalue weighted by Gasteiger charge is 2.43. The van der Waals surface area contributed by atoms with Crippen LogP contribution in [0.25, 0.3) is 0 Å². The second-order valence-corrected chi connectivity index (χ2v) is 30.6. The lowest BCUT2D eigenvalue weighted by Crippen LogP contribution is -2.64. The lowest BCUT2D eigenvalue weighted by atomic mass is 9.91. The molecule has 0 heterocycles. The first-order valence-electron chi connectivity index (χ1n) is 39.2. The van der Waals surface area contributed by atoms with Crippen molar-refractivity contribution in [2.75, 3.05) is 0 Å². The van der Waals surface area contributed by atoms with E-state index >= 15 is 0 Å². The number of amides is 12. The van der Waals surface area contributed by atoms with Crippen molar-refractivity contribution >= 4 is 76.9 Å². The summed E-state index contributed by atoms with van der Waals surface area (Å²) in [6.45, 7) is 46.8. The Balaban J connectivity index is 7.22. The molecule has 0 aromatic carbocycles. The smallest absolute Gasteiger partial charge is 0.326 e. The Labute approximate surface area is 623 Å². The molecule has 0 aliphatic heterocycles. The maximum Gasteiger partial charge on any atom is 0.326 e. The van der Waals surface area contributed by atoms with Crippen molar-refractivity contribution < 1.29 is 67.4 Å². The Hall–Kier alpha value is -6.93. The molecule has 27 nitrogen and oxygen atoms in total. The van der Waals surface area contributed by atoms with Gasteiger partial charge in [-0.2, -0.15) is 0 Å². The second kappa shape index (κ2) is 48.3. The maximum absolute atomic E-state index is 14.9. The average Bonchev–Trinajstić information content (AvgIpc) is 0.843. The summed E-state index contributed by atoms with van der Waals surface area (Å²) < 4.78 is 0. The number of carbonyl (C=O) groups is 13. The van der Waals surface area contributed by atoms with Crippen LogP contribution in [0.1, 0.15) is 257 Å². The number of hydrogen-bond donors (Lipinski definition) is 14. The number of carboxylic acids is 1. The summed E-state index contributed by atoms with van der Waals surface area (Å²) in [5, 5.41) is 44.1. The number of hydrogen-bond acceptors (Lipinski definition) is 14. The Bertz CT molecular complexity index is 2760. The molecular weight excluding hydrogens is 1330 g/mol. The molecule has 0 radical (unpaired) electrons. The fraction of sp³-hybridized carbons (Fsp3) is 0.831. The molecule has 25 atom stereocenters. The summed E-state index contributed by atoms with van der Waals surface area (Å²) in [5.41, 5.74) is 6.15. The maximum atomic E-state index is 14.9. The van der Waals surface area contributed by atoms with Gasteiger partial charge in [-0.05, 0) is 76.9 Å². The zero-order chi connectivity index (χ0) is 80.5. The number of nitrogens with one attached hydrogen (secondary N) is 12. The monoisotopic (exact) mass is 1470 g/mol. The van der Waals surface area contributed by atoms with Gasteiger partial charge in [-0.3, -0.25) is 57.5 Å². The van der Waals surface area contributed by atoms with Gasteiger partial charge in [0.1, 0.15) is 72.5 Å². The first-order valence-corrected chi connectivity index (χ1v) is 39.2. The molecule has 0 spiro atoms. The normalized spacial score (nSPS) is 18.8. The average molecular weight is 1480 g/mol. The minimum Gasteiger partial charge on any atom is -0.480 e. The fourth-order valence-electron chi connectivity index (χ4n) is 11.6. The molecule has 0 bridgehead atoms. The van der Waals surface area contributed by atoms with E-state index in [-0.39, 0.29) is 11.8 Å². The van der Waals surface area contributed by atoms with Crippen molar-refractivity contribution in [2.24, 2.45) is 82.7 Å². The van der Waals surface area contributed by atoms with Crippen LogP contribution in [0.2, 0.25) is 0 Å². The summed E-state index contributed by atoms with van der Waals surface area (Å²) in [7, 11) is 0. The molecule has 0 unspecified atom stereocenters. The number of nitrogens with two attached hydrogens (primary N) is 1.